The van der Waals surface area contributed by atoms with Gasteiger partial charge in [0.1, 0.15) is 0 Å². The Balaban J connectivity index is 2.07. The van der Waals surface area contributed by atoms with Crippen molar-refractivity contribution in [1.82, 2.24) is 4.98 Å². The molecule has 1 aliphatic rings. The van der Waals surface area contributed by atoms with Crippen LogP contribution in [0.4, 0.5) is 5.69 Å². The molecule has 0 atom stereocenters. The fourth-order valence-electron chi connectivity index (χ4n) is 1.83. The Bertz CT molecular complexity index is 297. The van der Waals surface area contributed by atoms with Crippen molar-refractivity contribution in [1.29, 1.82) is 0 Å². The molecule has 1 aliphatic heterocycles. The fourth-order valence-corrected chi connectivity index (χ4v) is 1.83. The van der Waals surface area contributed by atoms with Crippen LogP contribution in [0, 0.1) is 0 Å². The van der Waals surface area contributed by atoms with Crippen molar-refractivity contribution in [2.45, 2.75) is 18.4 Å². The molecular weight excluding hydrogens is 192 g/mol. The normalized spacial score (nSPS) is 19.8. The molecule has 82 valence electrons. The minimum Gasteiger partial charge on any atom is -0.394 e. The minimum atomic E-state index is -0.223. The van der Waals surface area contributed by atoms with Gasteiger partial charge in [-0.1, -0.05) is 0 Å². The summed E-state index contributed by atoms with van der Waals surface area (Å²) in [4.78, 5) is 3.96. The van der Waals surface area contributed by atoms with E-state index in [2.05, 4.69) is 10.3 Å². The standard InChI is InChI=1S/C11H16N2O2/c14-9-11(3-7-15-8-4-11)13-10-1-5-12-6-2-10/h1-2,5-6,14H,3-4,7-9H2,(H,12,13). The number of hydrogen-bond donors (Lipinski definition) is 2. The number of rotatable bonds is 3. The maximum atomic E-state index is 9.47. The second-order valence-corrected chi connectivity index (χ2v) is 3.91. The van der Waals surface area contributed by atoms with E-state index in [1.165, 1.54) is 0 Å². The van der Waals surface area contributed by atoms with E-state index in [-0.39, 0.29) is 12.1 Å². The van der Waals surface area contributed by atoms with Crippen LogP contribution in [-0.4, -0.2) is 35.5 Å². The summed E-state index contributed by atoms with van der Waals surface area (Å²) >= 11 is 0. The molecule has 0 amide bonds. The third-order valence-electron chi connectivity index (χ3n) is 2.84. The molecule has 15 heavy (non-hydrogen) atoms. The zero-order valence-electron chi connectivity index (χ0n) is 8.65. The number of anilines is 1. The lowest BCUT2D eigenvalue weighted by Gasteiger charge is -2.37. The van der Waals surface area contributed by atoms with Crippen molar-refractivity contribution in [2.75, 3.05) is 25.1 Å². The third-order valence-corrected chi connectivity index (χ3v) is 2.84. The van der Waals surface area contributed by atoms with Gasteiger partial charge in [-0.05, 0) is 25.0 Å². The highest BCUT2D eigenvalue weighted by Gasteiger charge is 2.31. The van der Waals surface area contributed by atoms with Crippen LogP contribution in [0.2, 0.25) is 0 Å². The van der Waals surface area contributed by atoms with Gasteiger partial charge in [0.25, 0.3) is 0 Å². The van der Waals surface area contributed by atoms with Gasteiger partial charge < -0.3 is 15.2 Å². The Morgan fingerprint density at radius 1 is 1.33 bits per heavy atom. The first-order valence-electron chi connectivity index (χ1n) is 5.21. The SMILES string of the molecule is OCC1(Nc2ccncc2)CCOCC1. The molecule has 2 N–H and O–H groups in total. The average molecular weight is 208 g/mol. The second kappa shape index (κ2) is 4.59. The number of aromatic nitrogens is 1. The van der Waals surface area contributed by atoms with Crippen molar-refractivity contribution in [3.63, 3.8) is 0 Å². The number of nitrogens with zero attached hydrogens (tertiary/aromatic N) is 1. The van der Waals surface area contributed by atoms with Gasteiger partial charge in [-0.3, -0.25) is 4.98 Å². The number of nitrogens with one attached hydrogen (secondary N) is 1. The van der Waals surface area contributed by atoms with Gasteiger partial charge in [0.15, 0.2) is 0 Å². The lowest BCUT2D eigenvalue weighted by atomic mass is 9.91. The van der Waals surface area contributed by atoms with Crippen LogP contribution in [0.5, 0.6) is 0 Å². The molecule has 4 nitrogen and oxygen atoms in total. The summed E-state index contributed by atoms with van der Waals surface area (Å²) in [6.07, 6.45) is 5.16. The van der Waals surface area contributed by atoms with Crippen molar-refractivity contribution in [2.24, 2.45) is 0 Å². The molecule has 0 aliphatic carbocycles. The van der Waals surface area contributed by atoms with Gasteiger partial charge >= 0.3 is 0 Å². The van der Waals surface area contributed by atoms with E-state index in [1.54, 1.807) is 12.4 Å². The van der Waals surface area contributed by atoms with Crippen LogP contribution in [0.1, 0.15) is 12.8 Å². The lowest BCUT2D eigenvalue weighted by molar-refractivity contribution is 0.0380. The van der Waals surface area contributed by atoms with Gasteiger partial charge in [-0.15, -0.1) is 0 Å². The number of ether oxygens (including phenoxy) is 1. The van der Waals surface area contributed by atoms with E-state index in [0.717, 1.165) is 18.5 Å². The smallest absolute Gasteiger partial charge is 0.0663 e. The van der Waals surface area contributed by atoms with E-state index in [4.69, 9.17) is 4.74 Å². The van der Waals surface area contributed by atoms with Gasteiger partial charge in [0.05, 0.1) is 12.1 Å². The molecule has 0 bridgehead atoms. The zero-order chi connectivity index (χ0) is 10.6. The number of pyridine rings is 1. The molecule has 0 spiro atoms. The summed E-state index contributed by atoms with van der Waals surface area (Å²) in [7, 11) is 0. The predicted octanol–water partition coefficient (Wildman–Crippen LogP) is 1.03. The quantitative estimate of drug-likeness (QED) is 0.779. The minimum absolute atomic E-state index is 0.138. The van der Waals surface area contributed by atoms with Crippen LogP contribution in [0.15, 0.2) is 24.5 Å². The van der Waals surface area contributed by atoms with E-state index in [9.17, 15) is 5.11 Å². The second-order valence-electron chi connectivity index (χ2n) is 3.91. The monoisotopic (exact) mass is 208 g/mol. The lowest BCUT2D eigenvalue weighted by Crippen LogP contribution is -2.46. The van der Waals surface area contributed by atoms with Crippen LogP contribution < -0.4 is 5.32 Å². The topological polar surface area (TPSA) is 54.4 Å². The fraction of sp³-hybridized carbons (Fsp3) is 0.545. The van der Waals surface area contributed by atoms with Crippen LogP contribution >= 0.6 is 0 Å². The van der Waals surface area contributed by atoms with Gasteiger partial charge in [-0.25, -0.2) is 0 Å². The highest BCUT2D eigenvalue weighted by molar-refractivity contribution is 5.44. The average Bonchev–Trinajstić information content (AvgIpc) is 2.32. The Kier molecular flexibility index (Phi) is 3.18. The van der Waals surface area contributed by atoms with Gasteiger partial charge in [0.2, 0.25) is 0 Å². The Hall–Kier alpha value is -1.13. The maximum Gasteiger partial charge on any atom is 0.0663 e. The van der Waals surface area contributed by atoms with Gasteiger partial charge in [-0.2, -0.15) is 0 Å². The first-order chi connectivity index (χ1) is 7.35. The van der Waals surface area contributed by atoms with Crippen molar-refractivity contribution < 1.29 is 9.84 Å². The molecule has 1 saturated heterocycles. The summed E-state index contributed by atoms with van der Waals surface area (Å²) < 4.78 is 5.30. The molecule has 1 aromatic rings. The number of aliphatic hydroxyl groups excluding tert-OH is 1. The largest absolute Gasteiger partial charge is 0.394 e. The molecule has 0 unspecified atom stereocenters. The highest BCUT2D eigenvalue weighted by Crippen LogP contribution is 2.25. The molecule has 2 heterocycles. The van der Waals surface area contributed by atoms with Crippen molar-refractivity contribution in [3.05, 3.63) is 24.5 Å². The van der Waals surface area contributed by atoms with E-state index in [0.29, 0.717) is 13.2 Å². The Morgan fingerprint density at radius 2 is 2.00 bits per heavy atom. The van der Waals surface area contributed by atoms with E-state index in [1.807, 2.05) is 12.1 Å². The number of hydrogen-bond acceptors (Lipinski definition) is 4. The molecule has 0 aromatic carbocycles. The highest BCUT2D eigenvalue weighted by atomic mass is 16.5. The summed E-state index contributed by atoms with van der Waals surface area (Å²) in [6.45, 7) is 1.55. The van der Waals surface area contributed by atoms with Crippen molar-refractivity contribution >= 4 is 5.69 Å². The number of aliphatic hydroxyl groups is 1. The third kappa shape index (κ3) is 2.46. The molecule has 2 rings (SSSR count). The van der Waals surface area contributed by atoms with Crippen LogP contribution in [0.3, 0.4) is 0 Å². The maximum absolute atomic E-state index is 9.47. The van der Waals surface area contributed by atoms with Crippen molar-refractivity contribution in [3.8, 4) is 0 Å². The Labute approximate surface area is 89.3 Å². The molecular formula is C11H16N2O2. The first kappa shape index (κ1) is 10.4. The van der Waals surface area contributed by atoms with Crippen LogP contribution in [0.25, 0.3) is 0 Å². The molecule has 0 saturated carbocycles. The zero-order valence-corrected chi connectivity index (χ0v) is 8.65. The molecule has 1 fully saturated rings. The summed E-state index contributed by atoms with van der Waals surface area (Å²) in [6, 6.07) is 3.82. The van der Waals surface area contributed by atoms with Gasteiger partial charge in [0, 0.05) is 31.3 Å². The van der Waals surface area contributed by atoms with Crippen LogP contribution in [-0.2, 0) is 4.74 Å². The van der Waals surface area contributed by atoms with E-state index < -0.39 is 0 Å². The first-order valence-corrected chi connectivity index (χ1v) is 5.21. The Morgan fingerprint density at radius 3 is 2.60 bits per heavy atom. The van der Waals surface area contributed by atoms with E-state index >= 15 is 0 Å². The molecule has 1 aromatic heterocycles. The molecule has 0 radical (unpaired) electrons. The summed E-state index contributed by atoms with van der Waals surface area (Å²) in [5, 5.41) is 12.8. The molecule has 4 heteroatoms. The summed E-state index contributed by atoms with van der Waals surface area (Å²) in [5.41, 5.74) is 0.778. The summed E-state index contributed by atoms with van der Waals surface area (Å²) in [5.74, 6) is 0. The predicted molar refractivity (Wildman–Crippen MR) is 57.7 cm³/mol.